The molecule has 1 N–H and O–H groups in total. The highest BCUT2D eigenvalue weighted by molar-refractivity contribution is 6.64. The van der Waals surface area contributed by atoms with Crippen molar-refractivity contribution < 1.29 is 0 Å². The molecule has 0 bridgehead atoms. The van der Waals surface area contributed by atoms with Gasteiger partial charge in [0.15, 0.2) is 0 Å². The third-order valence-corrected chi connectivity index (χ3v) is 2.39. The quantitative estimate of drug-likeness (QED) is 0.579. The van der Waals surface area contributed by atoms with Crippen LogP contribution in [0.15, 0.2) is 0 Å². The second kappa shape index (κ2) is 3.35. The van der Waals surface area contributed by atoms with E-state index in [-0.39, 0.29) is 0 Å². The Bertz CT molecular complexity index is 128. The molecular weight excluding hydrogens is 148 g/mol. The maximum Gasteiger partial charge on any atom is 0.100 e. The van der Waals surface area contributed by atoms with Crippen molar-refractivity contribution in [2.24, 2.45) is 5.92 Å². The molecule has 1 heterocycles. The van der Waals surface area contributed by atoms with Crippen molar-refractivity contribution in [3.8, 4) is 0 Å². The van der Waals surface area contributed by atoms with E-state index in [0.29, 0.717) is 11.1 Å². The molecule has 3 heteroatoms. The first-order valence-corrected chi connectivity index (χ1v) is 4.00. The lowest BCUT2D eigenvalue weighted by atomic mass is 9.99. The van der Waals surface area contributed by atoms with Crippen LogP contribution in [-0.4, -0.2) is 30.2 Å². The minimum atomic E-state index is 0.341. The Kier molecular flexibility index (Phi) is 2.69. The second-order valence-corrected chi connectivity index (χ2v) is 3.33. The molecule has 0 unspecified atom stereocenters. The molecule has 10 heavy (non-hydrogen) atoms. The van der Waals surface area contributed by atoms with Gasteiger partial charge in [-0.2, -0.15) is 0 Å². The summed E-state index contributed by atoms with van der Waals surface area (Å²) in [6, 6.07) is 0. The van der Waals surface area contributed by atoms with Crippen LogP contribution in [0.5, 0.6) is 0 Å². The second-order valence-electron chi connectivity index (χ2n) is 2.93. The van der Waals surface area contributed by atoms with Crippen LogP contribution in [0.3, 0.4) is 0 Å². The van der Waals surface area contributed by atoms with Crippen LogP contribution in [0.4, 0.5) is 0 Å². The number of nitrogens with one attached hydrogen (secondary N) is 1. The first-order chi connectivity index (χ1) is 4.70. The van der Waals surface area contributed by atoms with Crippen LogP contribution in [-0.2, 0) is 0 Å². The molecule has 0 aliphatic carbocycles. The third-order valence-electron chi connectivity index (χ3n) is 2.08. The zero-order valence-electron chi connectivity index (χ0n) is 6.23. The van der Waals surface area contributed by atoms with E-state index in [9.17, 15) is 0 Å². The number of piperidine rings is 1. The Morgan fingerprint density at radius 3 is 2.40 bits per heavy atom. The van der Waals surface area contributed by atoms with Gasteiger partial charge in [-0.25, -0.2) is 0 Å². The molecule has 0 aromatic heterocycles. The van der Waals surface area contributed by atoms with Gasteiger partial charge in [0.05, 0.1) is 0 Å². The molecular formula is C7H13ClN2. The van der Waals surface area contributed by atoms with Crippen molar-refractivity contribution in [3.05, 3.63) is 0 Å². The monoisotopic (exact) mass is 160 g/mol. The highest BCUT2D eigenvalue weighted by Gasteiger charge is 2.18. The zero-order valence-corrected chi connectivity index (χ0v) is 6.99. The number of likely N-dealkylation sites (tertiary alicyclic amines) is 1. The molecule has 1 aliphatic rings. The fraction of sp³-hybridized carbons (Fsp3) is 0.857. The van der Waals surface area contributed by atoms with Gasteiger partial charge in [-0.3, -0.25) is 5.41 Å². The zero-order chi connectivity index (χ0) is 7.56. The fourth-order valence-electron chi connectivity index (χ4n) is 1.26. The number of hydrogen-bond acceptors (Lipinski definition) is 2. The lowest BCUT2D eigenvalue weighted by Gasteiger charge is -2.27. The summed E-state index contributed by atoms with van der Waals surface area (Å²) in [5.74, 6) is 0.345. The largest absolute Gasteiger partial charge is 0.306 e. The predicted molar refractivity (Wildman–Crippen MR) is 43.8 cm³/mol. The number of halogens is 1. The van der Waals surface area contributed by atoms with Gasteiger partial charge in [-0.05, 0) is 33.0 Å². The van der Waals surface area contributed by atoms with E-state index in [1.54, 1.807) is 0 Å². The van der Waals surface area contributed by atoms with Gasteiger partial charge in [0.25, 0.3) is 0 Å². The van der Waals surface area contributed by atoms with Gasteiger partial charge in [-0.15, -0.1) is 0 Å². The van der Waals surface area contributed by atoms with E-state index >= 15 is 0 Å². The summed E-state index contributed by atoms with van der Waals surface area (Å²) >= 11 is 5.57. The smallest absolute Gasteiger partial charge is 0.100 e. The standard InChI is InChI=1S/C7H13ClN2/c1-10-4-2-6(3-5-10)7(8)9/h6,9H,2-5H2,1H3. The first-order valence-electron chi connectivity index (χ1n) is 3.62. The third kappa shape index (κ3) is 1.96. The molecule has 1 rings (SSSR count). The van der Waals surface area contributed by atoms with Gasteiger partial charge >= 0.3 is 0 Å². The van der Waals surface area contributed by atoms with Crippen LogP contribution in [0.25, 0.3) is 0 Å². The number of rotatable bonds is 1. The molecule has 2 nitrogen and oxygen atoms in total. The molecule has 1 saturated heterocycles. The summed E-state index contributed by atoms with van der Waals surface area (Å²) in [7, 11) is 2.11. The molecule has 0 atom stereocenters. The Balaban J connectivity index is 2.33. The van der Waals surface area contributed by atoms with E-state index in [1.807, 2.05) is 0 Å². The topological polar surface area (TPSA) is 27.1 Å². The number of hydrogen-bond donors (Lipinski definition) is 1. The summed E-state index contributed by atoms with van der Waals surface area (Å²) in [4.78, 5) is 2.27. The van der Waals surface area contributed by atoms with Crippen molar-refractivity contribution >= 4 is 16.8 Å². The molecule has 1 fully saturated rings. The van der Waals surface area contributed by atoms with Gasteiger partial charge < -0.3 is 4.90 Å². The maximum atomic E-state index is 7.20. The Hall–Kier alpha value is -0.0800. The van der Waals surface area contributed by atoms with Crippen molar-refractivity contribution in [2.75, 3.05) is 20.1 Å². The average Bonchev–Trinajstić information content (AvgIpc) is 1.88. The maximum absolute atomic E-state index is 7.20. The Morgan fingerprint density at radius 2 is 2.00 bits per heavy atom. The summed E-state index contributed by atoms with van der Waals surface area (Å²) in [5.41, 5.74) is 0. The predicted octanol–water partition coefficient (Wildman–Crippen LogP) is 1.54. The molecule has 0 aromatic carbocycles. The van der Waals surface area contributed by atoms with Gasteiger partial charge in [0.2, 0.25) is 0 Å². The summed E-state index contributed by atoms with van der Waals surface area (Å²) < 4.78 is 0. The minimum absolute atomic E-state index is 0.341. The van der Waals surface area contributed by atoms with Crippen LogP contribution in [0, 0.1) is 11.3 Å². The number of nitrogens with zero attached hydrogens (tertiary/aromatic N) is 1. The first kappa shape index (κ1) is 8.02. The summed E-state index contributed by atoms with van der Waals surface area (Å²) in [5, 5.41) is 7.54. The van der Waals surface area contributed by atoms with Crippen LogP contribution in [0.2, 0.25) is 0 Å². The molecule has 1 aliphatic heterocycles. The SMILES string of the molecule is CN1CCC(C(=N)Cl)CC1. The Labute approximate surface area is 66.7 Å². The van der Waals surface area contributed by atoms with Gasteiger partial charge in [-0.1, -0.05) is 11.6 Å². The van der Waals surface area contributed by atoms with Crippen molar-refractivity contribution in [2.45, 2.75) is 12.8 Å². The summed E-state index contributed by atoms with van der Waals surface area (Å²) in [6.07, 6.45) is 2.11. The lowest BCUT2D eigenvalue weighted by Crippen LogP contribution is -2.32. The highest BCUT2D eigenvalue weighted by atomic mass is 35.5. The molecule has 0 radical (unpaired) electrons. The average molecular weight is 161 g/mol. The molecule has 0 amide bonds. The van der Waals surface area contributed by atoms with Crippen molar-refractivity contribution in [3.63, 3.8) is 0 Å². The highest BCUT2D eigenvalue weighted by Crippen LogP contribution is 2.18. The van der Waals surface area contributed by atoms with Gasteiger partial charge in [0, 0.05) is 5.92 Å². The Morgan fingerprint density at radius 1 is 1.50 bits per heavy atom. The molecule has 58 valence electrons. The van der Waals surface area contributed by atoms with E-state index in [0.717, 1.165) is 25.9 Å². The van der Waals surface area contributed by atoms with Crippen LogP contribution in [0.1, 0.15) is 12.8 Å². The molecule has 0 spiro atoms. The van der Waals surface area contributed by atoms with E-state index in [1.165, 1.54) is 0 Å². The van der Waals surface area contributed by atoms with Crippen LogP contribution >= 0.6 is 11.6 Å². The summed E-state index contributed by atoms with van der Waals surface area (Å²) in [6.45, 7) is 2.17. The van der Waals surface area contributed by atoms with E-state index < -0.39 is 0 Å². The van der Waals surface area contributed by atoms with Gasteiger partial charge in [0.1, 0.15) is 5.17 Å². The fourth-order valence-corrected chi connectivity index (χ4v) is 1.48. The normalized spacial score (nSPS) is 23.0. The van der Waals surface area contributed by atoms with E-state index in [4.69, 9.17) is 17.0 Å². The van der Waals surface area contributed by atoms with Crippen LogP contribution < -0.4 is 0 Å². The molecule has 0 saturated carbocycles. The lowest BCUT2D eigenvalue weighted by molar-refractivity contribution is 0.253. The van der Waals surface area contributed by atoms with E-state index in [2.05, 4.69) is 11.9 Å². The minimum Gasteiger partial charge on any atom is -0.306 e. The molecule has 0 aromatic rings. The van der Waals surface area contributed by atoms with Crippen molar-refractivity contribution in [1.82, 2.24) is 4.90 Å². The van der Waals surface area contributed by atoms with Crippen molar-refractivity contribution in [1.29, 1.82) is 5.41 Å².